The van der Waals surface area contributed by atoms with E-state index in [0.29, 0.717) is 5.02 Å². The number of nitrogens with one attached hydrogen (secondary N) is 1. The van der Waals surface area contributed by atoms with Gasteiger partial charge in [-0.2, -0.15) is 0 Å². The molecule has 2 heterocycles. The first-order valence-electron chi connectivity index (χ1n) is 5.58. The summed E-state index contributed by atoms with van der Waals surface area (Å²) in [6.45, 7) is 2.80. The van der Waals surface area contributed by atoms with Crippen molar-refractivity contribution in [2.24, 2.45) is 0 Å². The first-order valence-corrected chi connectivity index (χ1v) is 5.95. The number of aromatic nitrogens is 3. The molecule has 0 unspecified atom stereocenters. The summed E-state index contributed by atoms with van der Waals surface area (Å²) in [6.07, 6.45) is 6.26. The summed E-state index contributed by atoms with van der Waals surface area (Å²) in [5.41, 5.74) is 1.04. The van der Waals surface area contributed by atoms with Gasteiger partial charge in [-0.3, -0.25) is 4.57 Å². The lowest BCUT2D eigenvalue weighted by Crippen LogP contribution is -2.08. The third kappa shape index (κ3) is 2.48. The Hall–Kier alpha value is -1.39. The van der Waals surface area contributed by atoms with E-state index < -0.39 is 0 Å². The van der Waals surface area contributed by atoms with Gasteiger partial charge in [0.15, 0.2) is 0 Å². The minimum atomic E-state index is 0.682. The van der Waals surface area contributed by atoms with E-state index in [-0.39, 0.29) is 0 Å². The van der Waals surface area contributed by atoms with E-state index >= 15 is 0 Å². The van der Waals surface area contributed by atoms with Crippen LogP contribution in [0.3, 0.4) is 0 Å². The number of pyridine rings is 1. The molecule has 5 heteroatoms. The highest BCUT2D eigenvalue weighted by Gasteiger charge is 2.07. The molecule has 90 valence electrons. The summed E-state index contributed by atoms with van der Waals surface area (Å²) in [6, 6.07) is 1.99. The fourth-order valence-corrected chi connectivity index (χ4v) is 1.90. The number of halogens is 1. The van der Waals surface area contributed by atoms with Crippen molar-refractivity contribution in [3.8, 4) is 5.82 Å². The predicted molar refractivity (Wildman–Crippen MR) is 68.5 cm³/mol. The Bertz CT molecular complexity index is 507. The molecule has 0 aliphatic carbocycles. The van der Waals surface area contributed by atoms with Crippen LogP contribution in [0, 0.1) is 0 Å². The molecule has 0 aliphatic rings. The third-order valence-electron chi connectivity index (χ3n) is 2.57. The van der Waals surface area contributed by atoms with Crippen LogP contribution in [-0.2, 0) is 13.0 Å². The van der Waals surface area contributed by atoms with E-state index in [2.05, 4.69) is 22.2 Å². The molecule has 0 spiro atoms. The molecule has 2 aromatic heterocycles. The quantitative estimate of drug-likeness (QED) is 0.905. The van der Waals surface area contributed by atoms with Crippen molar-refractivity contribution < 1.29 is 0 Å². The van der Waals surface area contributed by atoms with Crippen LogP contribution in [0.5, 0.6) is 0 Å². The van der Waals surface area contributed by atoms with Gasteiger partial charge < -0.3 is 5.32 Å². The molecular weight excluding hydrogens is 236 g/mol. The number of nitrogens with zero attached hydrogens (tertiary/aromatic N) is 3. The van der Waals surface area contributed by atoms with Gasteiger partial charge in [0.05, 0.1) is 5.02 Å². The van der Waals surface area contributed by atoms with Crippen molar-refractivity contribution >= 4 is 11.6 Å². The van der Waals surface area contributed by atoms with Crippen LogP contribution in [-0.4, -0.2) is 21.6 Å². The Morgan fingerprint density at radius 3 is 2.94 bits per heavy atom. The van der Waals surface area contributed by atoms with Crippen molar-refractivity contribution in [1.29, 1.82) is 0 Å². The molecule has 0 aromatic carbocycles. The summed E-state index contributed by atoms with van der Waals surface area (Å²) < 4.78 is 1.98. The molecule has 0 bridgehead atoms. The lowest BCUT2D eigenvalue weighted by Gasteiger charge is -2.09. The molecule has 17 heavy (non-hydrogen) atoms. The van der Waals surface area contributed by atoms with Gasteiger partial charge in [0, 0.05) is 31.6 Å². The van der Waals surface area contributed by atoms with Crippen LogP contribution in [0.2, 0.25) is 5.02 Å². The molecule has 0 radical (unpaired) electrons. The van der Waals surface area contributed by atoms with Gasteiger partial charge in [0.2, 0.25) is 0 Å². The molecule has 0 saturated carbocycles. The molecule has 0 aliphatic heterocycles. The Labute approximate surface area is 106 Å². The van der Waals surface area contributed by atoms with Crippen LogP contribution >= 0.6 is 11.6 Å². The summed E-state index contributed by atoms with van der Waals surface area (Å²) in [7, 11) is 1.89. The van der Waals surface area contributed by atoms with Crippen LogP contribution < -0.4 is 5.32 Å². The van der Waals surface area contributed by atoms with E-state index in [1.807, 2.05) is 23.9 Å². The molecule has 1 N–H and O–H groups in total. The lowest BCUT2D eigenvalue weighted by atomic mass is 10.2. The van der Waals surface area contributed by atoms with Crippen molar-refractivity contribution in [2.45, 2.75) is 19.9 Å². The maximum atomic E-state index is 6.08. The smallest absolute Gasteiger partial charge is 0.138 e. The van der Waals surface area contributed by atoms with Crippen molar-refractivity contribution in [3.05, 3.63) is 41.1 Å². The average molecular weight is 251 g/mol. The van der Waals surface area contributed by atoms with E-state index in [1.54, 1.807) is 12.4 Å². The first-order chi connectivity index (χ1) is 8.26. The van der Waals surface area contributed by atoms with Gasteiger partial charge in [-0.05, 0) is 18.7 Å². The molecule has 4 nitrogen and oxygen atoms in total. The zero-order chi connectivity index (χ0) is 12.3. The zero-order valence-corrected chi connectivity index (χ0v) is 10.7. The van der Waals surface area contributed by atoms with E-state index in [0.717, 1.165) is 30.2 Å². The molecule has 0 fully saturated rings. The monoisotopic (exact) mass is 250 g/mol. The largest absolute Gasteiger partial charge is 0.316 e. The minimum Gasteiger partial charge on any atom is -0.316 e. The summed E-state index contributed by atoms with van der Waals surface area (Å²) in [5, 5.41) is 3.77. The van der Waals surface area contributed by atoms with E-state index in [9.17, 15) is 0 Å². The maximum absolute atomic E-state index is 6.08. The molecule has 2 aromatic rings. The standard InChI is InChI=1S/C12H15ClN4/c1-3-11-15-4-5-17(11)12-6-9(7-14-2)10(13)8-16-12/h4-6,8,14H,3,7H2,1-2H3. The fraction of sp³-hybridized carbons (Fsp3) is 0.333. The second-order valence-corrected chi connectivity index (χ2v) is 4.14. The maximum Gasteiger partial charge on any atom is 0.138 e. The van der Waals surface area contributed by atoms with Crippen molar-refractivity contribution in [2.75, 3.05) is 7.05 Å². The number of aryl methyl sites for hydroxylation is 1. The van der Waals surface area contributed by atoms with Gasteiger partial charge in [0.1, 0.15) is 11.6 Å². The van der Waals surface area contributed by atoms with E-state index in [1.165, 1.54) is 0 Å². The fourth-order valence-electron chi connectivity index (χ4n) is 1.73. The first kappa shape index (κ1) is 12.1. The number of hydrogen-bond donors (Lipinski definition) is 1. The summed E-state index contributed by atoms with van der Waals surface area (Å²) >= 11 is 6.08. The molecule has 0 saturated heterocycles. The van der Waals surface area contributed by atoms with Gasteiger partial charge in [-0.15, -0.1) is 0 Å². The van der Waals surface area contributed by atoms with Crippen molar-refractivity contribution in [1.82, 2.24) is 19.9 Å². The van der Waals surface area contributed by atoms with Gasteiger partial charge in [0.25, 0.3) is 0 Å². The van der Waals surface area contributed by atoms with Gasteiger partial charge >= 0.3 is 0 Å². The highest BCUT2D eigenvalue weighted by Crippen LogP contribution is 2.18. The Kier molecular flexibility index (Phi) is 3.76. The minimum absolute atomic E-state index is 0.682. The van der Waals surface area contributed by atoms with Gasteiger partial charge in [-0.25, -0.2) is 9.97 Å². The highest BCUT2D eigenvalue weighted by molar-refractivity contribution is 6.31. The number of rotatable bonds is 4. The summed E-state index contributed by atoms with van der Waals surface area (Å²) in [4.78, 5) is 8.62. The summed E-state index contributed by atoms with van der Waals surface area (Å²) in [5.74, 6) is 1.85. The Balaban J connectivity index is 2.42. The SMILES string of the molecule is CCc1nccn1-c1cc(CNC)c(Cl)cn1. The van der Waals surface area contributed by atoms with Crippen LogP contribution in [0.4, 0.5) is 0 Å². The van der Waals surface area contributed by atoms with Crippen LogP contribution in [0.25, 0.3) is 5.82 Å². The third-order valence-corrected chi connectivity index (χ3v) is 2.91. The molecule has 2 rings (SSSR count). The topological polar surface area (TPSA) is 42.7 Å². The predicted octanol–water partition coefficient (Wildman–Crippen LogP) is 2.20. The number of hydrogen-bond acceptors (Lipinski definition) is 3. The van der Waals surface area contributed by atoms with Crippen molar-refractivity contribution in [3.63, 3.8) is 0 Å². The average Bonchev–Trinajstić information content (AvgIpc) is 2.80. The van der Waals surface area contributed by atoms with E-state index in [4.69, 9.17) is 11.6 Å². The number of imidazole rings is 1. The zero-order valence-electron chi connectivity index (χ0n) is 9.94. The second-order valence-electron chi connectivity index (χ2n) is 3.73. The molecule has 0 amide bonds. The molecule has 0 atom stereocenters. The Morgan fingerprint density at radius 2 is 2.24 bits per heavy atom. The second kappa shape index (κ2) is 5.29. The van der Waals surface area contributed by atoms with Crippen LogP contribution in [0.1, 0.15) is 18.3 Å². The van der Waals surface area contributed by atoms with Gasteiger partial charge in [-0.1, -0.05) is 18.5 Å². The normalized spacial score (nSPS) is 10.8. The van der Waals surface area contributed by atoms with Crippen LogP contribution in [0.15, 0.2) is 24.7 Å². The lowest BCUT2D eigenvalue weighted by molar-refractivity contribution is 0.808. The Morgan fingerprint density at radius 1 is 1.41 bits per heavy atom. The highest BCUT2D eigenvalue weighted by atomic mass is 35.5. The molecular formula is C12H15ClN4.